The molecule has 4 nitrogen and oxygen atoms in total. The summed E-state index contributed by atoms with van der Waals surface area (Å²) in [6.45, 7) is 0. The zero-order valence-electron chi connectivity index (χ0n) is 10.2. The molecular formula is C14H8N4S2. The quantitative estimate of drug-likeness (QED) is 0.470. The SMILES string of the molecule is c1cc(N=Nc2cccc3scnc23)c2ncsc2c1. The highest BCUT2D eigenvalue weighted by Gasteiger charge is 2.04. The van der Waals surface area contributed by atoms with Gasteiger partial charge in [-0.15, -0.1) is 32.9 Å². The van der Waals surface area contributed by atoms with Gasteiger partial charge < -0.3 is 0 Å². The van der Waals surface area contributed by atoms with Gasteiger partial charge in [0.25, 0.3) is 0 Å². The molecule has 0 radical (unpaired) electrons. The van der Waals surface area contributed by atoms with Crippen LogP contribution in [0.15, 0.2) is 57.6 Å². The minimum Gasteiger partial charge on any atom is -0.242 e. The van der Waals surface area contributed by atoms with Crippen LogP contribution in [0.4, 0.5) is 11.4 Å². The highest BCUT2D eigenvalue weighted by Crippen LogP contribution is 2.31. The molecule has 0 aliphatic heterocycles. The molecule has 96 valence electrons. The normalized spacial score (nSPS) is 11.8. The van der Waals surface area contributed by atoms with E-state index in [2.05, 4.69) is 20.2 Å². The first-order valence-corrected chi connectivity index (χ1v) is 7.74. The van der Waals surface area contributed by atoms with Gasteiger partial charge in [-0.05, 0) is 24.3 Å². The number of hydrogen-bond donors (Lipinski definition) is 0. The maximum absolute atomic E-state index is 4.34. The largest absolute Gasteiger partial charge is 0.242 e. The number of aromatic nitrogens is 2. The first-order valence-electron chi connectivity index (χ1n) is 5.98. The molecule has 4 rings (SSSR count). The average Bonchev–Trinajstić information content (AvgIpc) is 3.13. The van der Waals surface area contributed by atoms with Gasteiger partial charge in [-0.2, -0.15) is 0 Å². The topological polar surface area (TPSA) is 50.5 Å². The molecule has 0 saturated heterocycles. The van der Waals surface area contributed by atoms with E-state index >= 15 is 0 Å². The molecule has 0 amide bonds. The smallest absolute Gasteiger partial charge is 0.113 e. The zero-order valence-corrected chi connectivity index (χ0v) is 11.9. The molecule has 0 saturated carbocycles. The Morgan fingerprint density at radius 1 is 0.700 bits per heavy atom. The van der Waals surface area contributed by atoms with Crippen LogP contribution in [0.5, 0.6) is 0 Å². The molecule has 0 bridgehead atoms. The minimum absolute atomic E-state index is 0.788. The van der Waals surface area contributed by atoms with Crippen molar-refractivity contribution < 1.29 is 0 Å². The number of thiazole rings is 2. The van der Waals surface area contributed by atoms with Gasteiger partial charge in [-0.1, -0.05) is 12.1 Å². The van der Waals surface area contributed by atoms with Crippen LogP contribution >= 0.6 is 22.7 Å². The number of hydrogen-bond acceptors (Lipinski definition) is 6. The monoisotopic (exact) mass is 296 g/mol. The van der Waals surface area contributed by atoms with Crippen LogP contribution in [0.1, 0.15) is 0 Å². The first kappa shape index (κ1) is 11.6. The Bertz CT molecular complexity index is 847. The van der Waals surface area contributed by atoms with Crippen LogP contribution in [0.3, 0.4) is 0 Å². The molecule has 20 heavy (non-hydrogen) atoms. The summed E-state index contributed by atoms with van der Waals surface area (Å²) < 4.78 is 2.24. The van der Waals surface area contributed by atoms with Crippen molar-refractivity contribution >= 4 is 54.5 Å². The van der Waals surface area contributed by atoms with Crippen LogP contribution in [0.25, 0.3) is 20.4 Å². The van der Waals surface area contributed by atoms with E-state index in [9.17, 15) is 0 Å². The van der Waals surface area contributed by atoms with E-state index in [1.807, 2.05) is 47.4 Å². The van der Waals surface area contributed by atoms with Gasteiger partial charge in [-0.3, -0.25) is 0 Å². The summed E-state index contributed by atoms with van der Waals surface area (Å²) in [5.74, 6) is 0. The van der Waals surface area contributed by atoms with Crippen molar-refractivity contribution in [3.63, 3.8) is 0 Å². The Morgan fingerprint density at radius 3 is 1.70 bits per heavy atom. The summed E-state index contributed by atoms with van der Waals surface area (Å²) in [6.07, 6.45) is 0. The van der Waals surface area contributed by atoms with E-state index in [1.54, 1.807) is 22.7 Å². The minimum atomic E-state index is 0.788. The second-order valence-corrected chi connectivity index (χ2v) is 5.93. The van der Waals surface area contributed by atoms with Gasteiger partial charge in [-0.25, -0.2) is 9.97 Å². The molecule has 0 N–H and O–H groups in total. The first-order chi connectivity index (χ1) is 9.92. The molecule has 0 aliphatic rings. The summed E-state index contributed by atoms with van der Waals surface area (Å²) in [4.78, 5) is 8.67. The lowest BCUT2D eigenvalue weighted by molar-refractivity contribution is 1.24. The maximum Gasteiger partial charge on any atom is 0.113 e. The van der Waals surface area contributed by atoms with Gasteiger partial charge in [0.15, 0.2) is 0 Å². The summed E-state index contributed by atoms with van der Waals surface area (Å²) in [5, 5.41) is 8.68. The molecule has 0 spiro atoms. The molecule has 6 heteroatoms. The van der Waals surface area contributed by atoms with Gasteiger partial charge in [0.2, 0.25) is 0 Å². The maximum atomic E-state index is 4.34. The second-order valence-electron chi connectivity index (χ2n) is 4.15. The van der Waals surface area contributed by atoms with Crippen LogP contribution < -0.4 is 0 Å². The van der Waals surface area contributed by atoms with Gasteiger partial charge in [0.1, 0.15) is 22.4 Å². The van der Waals surface area contributed by atoms with Crippen LogP contribution in [0.2, 0.25) is 0 Å². The molecule has 0 aliphatic carbocycles. The van der Waals surface area contributed by atoms with Crippen molar-refractivity contribution in [2.75, 3.05) is 0 Å². The molecule has 2 heterocycles. The number of rotatable bonds is 2. The van der Waals surface area contributed by atoms with Crippen molar-refractivity contribution in [2.24, 2.45) is 10.2 Å². The predicted molar refractivity (Wildman–Crippen MR) is 83.4 cm³/mol. The van der Waals surface area contributed by atoms with E-state index in [0.29, 0.717) is 0 Å². The standard InChI is InChI=1S/C14H8N4S2/c1-3-9(13-11(5-1)19-7-15-13)17-18-10-4-2-6-12-14(10)16-8-20-12/h1-8H. The molecule has 2 aromatic heterocycles. The van der Waals surface area contributed by atoms with E-state index in [0.717, 1.165) is 31.8 Å². The second kappa shape index (κ2) is 4.73. The fourth-order valence-corrected chi connectivity index (χ4v) is 3.41. The van der Waals surface area contributed by atoms with Crippen LogP contribution in [-0.2, 0) is 0 Å². The summed E-state index contributed by atoms with van der Waals surface area (Å²) >= 11 is 3.21. The van der Waals surface area contributed by atoms with Crippen LogP contribution in [-0.4, -0.2) is 9.97 Å². The fraction of sp³-hybridized carbons (Fsp3) is 0. The number of fused-ring (bicyclic) bond motifs is 2. The van der Waals surface area contributed by atoms with Crippen molar-refractivity contribution in [3.8, 4) is 0 Å². The third-order valence-electron chi connectivity index (χ3n) is 2.94. The predicted octanol–water partition coefficient (Wildman–Crippen LogP) is 5.32. The number of benzene rings is 2. The zero-order chi connectivity index (χ0) is 13.4. The molecule has 0 unspecified atom stereocenters. The third-order valence-corrected chi connectivity index (χ3v) is 4.53. The van der Waals surface area contributed by atoms with Crippen molar-refractivity contribution in [1.82, 2.24) is 9.97 Å². The lowest BCUT2D eigenvalue weighted by Gasteiger charge is -1.95. The molecule has 4 aromatic rings. The van der Waals surface area contributed by atoms with Gasteiger partial charge >= 0.3 is 0 Å². The Hall–Kier alpha value is -2.18. The Labute approximate surface area is 122 Å². The van der Waals surface area contributed by atoms with Gasteiger partial charge in [0, 0.05) is 0 Å². The molecule has 0 fully saturated rings. The third kappa shape index (κ3) is 1.90. The lowest BCUT2D eigenvalue weighted by Crippen LogP contribution is -1.71. The Morgan fingerprint density at radius 2 is 1.20 bits per heavy atom. The van der Waals surface area contributed by atoms with Crippen LogP contribution in [0, 0.1) is 0 Å². The summed E-state index contributed by atoms with van der Waals surface area (Å²) in [7, 11) is 0. The van der Waals surface area contributed by atoms with E-state index < -0.39 is 0 Å². The average molecular weight is 296 g/mol. The number of azo groups is 1. The van der Waals surface area contributed by atoms with Gasteiger partial charge in [0.05, 0.1) is 20.4 Å². The van der Waals surface area contributed by atoms with Crippen molar-refractivity contribution in [1.29, 1.82) is 0 Å². The molecule has 0 atom stereocenters. The molecule has 2 aromatic carbocycles. The number of nitrogens with zero attached hydrogens (tertiary/aromatic N) is 4. The highest BCUT2D eigenvalue weighted by atomic mass is 32.1. The van der Waals surface area contributed by atoms with E-state index in [-0.39, 0.29) is 0 Å². The highest BCUT2D eigenvalue weighted by molar-refractivity contribution is 7.17. The molecular weight excluding hydrogens is 288 g/mol. The van der Waals surface area contributed by atoms with E-state index in [4.69, 9.17) is 0 Å². The lowest BCUT2D eigenvalue weighted by atomic mass is 10.3. The fourth-order valence-electron chi connectivity index (χ4n) is 2.01. The van der Waals surface area contributed by atoms with E-state index in [1.165, 1.54) is 0 Å². The Kier molecular flexibility index (Phi) is 2.75. The Balaban J connectivity index is 1.82. The van der Waals surface area contributed by atoms with Crippen molar-refractivity contribution in [2.45, 2.75) is 0 Å². The van der Waals surface area contributed by atoms with Crippen molar-refractivity contribution in [3.05, 3.63) is 47.4 Å². The summed E-state index contributed by atoms with van der Waals surface area (Å²) in [6, 6.07) is 11.9. The number of para-hydroxylation sites is 2. The summed E-state index contributed by atoms with van der Waals surface area (Å²) in [5.41, 5.74) is 7.01.